The van der Waals surface area contributed by atoms with Crippen LogP contribution >= 0.6 is 34.2 Å². The Labute approximate surface area is 122 Å². The lowest BCUT2D eigenvalue weighted by Gasteiger charge is -2.11. The summed E-state index contributed by atoms with van der Waals surface area (Å²) >= 11 is 8.08. The summed E-state index contributed by atoms with van der Waals surface area (Å²) in [5.74, 6) is 0.0819. The number of rotatable bonds is 4. The number of amidine groups is 1. The van der Waals surface area contributed by atoms with Crippen LogP contribution in [0.25, 0.3) is 0 Å². The van der Waals surface area contributed by atoms with Crippen molar-refractivity contribution >= 4 is 51.4 Å². The van der Waals surface area contributed by atoms with Gasteiger partial charge in [0.15, 0.2) is 11.6 Å². The average Bonchev–Trinajstić information content (AvgIpc) is 2.33. The van der Waals surface area contributed by atoms with Crippen molar-refractivity contribution < 1.29 is 4.74 Å². The molecular weight excluding hydrogens is 369 g/mol. The van der Waals surface area contributed by atoms with Crippen molar-refractivity contribution in [3.8, 4) is 11.8 Å². The highest BCUT2D eigenvalue weighted by molar-refractivity contribution is 14.1. The molecule has 4 N–H and O–H groups in total. The van der Waals surface area contributed by atoms with Gasteiger partial charge in [-0.3, -0.25) is 10.8 Å². The maximum atomic E-state index is 8.72. The van der Waals surface area contributed by atoms with Gasteiger partial charge in [0.25, 0.3) is 0 Å². The second-order valence-corrected chi connectivity index (χ2v) is 4.60. The van der Waals surface area contributed by atoms with E-state index in [0.717, 1.165) is 3.57 Å². The lowest BCUT2D eigenvalue weighted by atomic mass is 10.3. The Morgan fingerprint density at radius 2 is 2.33 bits per heavy atom. The lowest BCUT2D eigenvalue weighted by molar-refractivity contribution is 0.413. The predicted molar refractivity (Wildman–Crippen MR) is 79.3 cm³/mol. The fourth-order valence-electron chi connectivity index (χ4n) is 1.09. The summed E-state index contributed by atoms with van der Waals surface area (Å²) in [7, 11) is 1.50. The zero-order valence-electron chi connectivity index (χ0n) is 9.29. The van der Waals surface area contributed by atoms with Gasteiger partial charge in [-0.15, -0.1) is 0 Å². The lowest BCUT2D eigenvalue weighted by Crippen LogP contribution is -2.22. The normalized spacial score (nSPS) is 10.7. The van der Waals surface area contributed by atoms with E-state index in [-0.39, 0.29) is 5.71 Å². The Kier molecular flexibility index (Phi) is 5.18. The summed E-state index contributed by atoms with van der Waals surface area (Å²) in [5, 5.41) is 19.9. The molecule has 0 aliphatic rings. The Balaban J connectivity index is 3.16. The Hall–Kier alpha value is -1.53. The highest BCUT2D eigenvalue weighted by Crippen LogP contribution is 2.36. The molecule has 0 unspecified atom stereocenters. The fourth-order valence-corrected chi connectivity index (χ4v) is 1.95. The van der Waals surface area contributed by atoms with Crippen molar-refractivity contribution in [3.63, 3.8) is 0 Å². The SMILES string of the molecule is COc1c(I)ccc(Cl)c1N/N=C(\C#N)C(=N)N. The molecule has 94 valence electrons. The molecule has 0 atom stereocenters. The third kappa shape index (κ3) is 3.24. The second-order valence-electron chi connectivity index (χ2n) is 3.04. The third-order valence-electron chi connectivity index (χ3n) is 1.90. The molecule has 0 saturated carbocycles. The van der Waals surface area contributed by atoms with Gasteiger partial charge in [0, 0.05) is 0 Å². The zero-order valence-corrected chi connectivity index (χ0v) is 12.2. The van der Waals surface area contributed by atoms with E-state index in [0.29, 0.717) is 16.5 Å². The van der Waals surface area contributed by atoms with Gasteiger partial charge in [-0.2, -0.15) is 10.4 Å². The van der Waals surface area contributed by atoms with Crippen LogP contribution in [0.5, 0.6) is 5.75 Å². The van der Waals surface area contributed by atoms with Crippen LogP contribution in [0.1, 0.15) is 0 Å². The summed E-state index contributed by atoms with van der Waals surface area (Å²) in [6, 6.07) is 5.15. The quantitative estimate of drug-likeness (QED) is 0.323. The van der Waals surface area contributed by atoms with E-state index >= 15 is 0 Å². The molecule has 0 radical (unpaired) electrons. The van der Waals surface area contributed by atoms with Gasteiger partial charge in [0.05, 0.1) is 15.7 Å². The van der Waals surface area contributed by atoms with Gasteiger partial charge in [-0.05, 0) is 34.7 Å². The molecule has 0 spiro atoms. The molecule has 0 saturated heterocycles. The van der Waals surface area contributed by atoms with E-state index in [1.807, 2.05) is 0 Å². The van der Waals surface area contributed by atoms with Crippen LogP contribution in [0.2, 0.25) is 5.02 Å². The molecule has 1 aromatic rings. The molecule has 0 aliphatic heterocycles. The van der Waals surface area contributed by atoms with Crippen LogP contribution in [-0.2, 0) is 0 Å². The van der Waals surface area contributed by atoms with E-state index in [4.69, 9.17) is 32.7 Å². The molecule has 0 fully saturated rings. The minimum Gasteiger partial charge on any atom is -0.493 e. The number of nitrogens with one attached hydrogen (secondary N) is 2. The molecular formula is C10H9ClIN5O. The summed E-state index contributed by atoms with van der Waals surface area (Å²) in [4.78, 5) is 0. The van der Waals surface area contributed by atoms with Crippen molar-refractivity contribution in [3.05, 3.63) is 20.7 Å². The van der Waals surface area contributed by atoms with Crippen LogP contribution in [0.4, 0.5) is 5.69 Å². The standard InChI is InChI=1S/C10H9ClIN5O/c1-18-9-6(12)3-2-5(11)8(9)17-16-7(4-13)10(14)15/h2-3,17H,1H3,(H3,14,15)/b16-7+. The number of hydrogen-bond donors (Lipinski definition) is 3. The first-order chi connectivity index (χ1) is 8.51. The average molecular weight is 378 g/mol. The number of hydrogen-bond acceptors (Lipinski definition) is 5. The number of nitrogens with two attached hydrogens (primary N) is 1. The van der Waals surface area contributed by atoms with E-state index < -0.39 is 5.84 Å². The van der Waals surface area contributed by atoms with Crippen molar-refractivity contribution in [1.29, 1.82) is 10.7 Å². The number of benzene rings is 1. The van der Waals surface area contributed by atoms with Crippen molar-refractivity contribution in [1.82, 2.24) is 0 Å². The molecule has 8 heteroatoms. The Bertz CT molecular complexity index is 552. The number of methoxy groups -OCH3 is 1. The van der Waals surface area contributed by atoms with Gasteiger partial charge in [0.2, 0.25) is 5.71 Å². The van der Waals surface area contributed by atoms with Gasteiger partial charge in [-0.25, -0.2) is 0 Å². The van der Waals surface area contributed by atoms with Crippen LogP contribution in [0, 0.1) is 20.3 Å². The van der Waals surface area contributed by atoms with E-state index in [1.54, 1.807) is 18.2 Å². The van der Waals surface area contributed by atoms with Gasteiger partial charge >= 0.3 is 0 Å². The molecule has 0 bridgehead atoms. The smallest absolute Gasteiger partial charge is 0.201 e. The molecule has 6 nitrogen and oxygen atoms in total. The highest BCUT2D eigenvalue weighted by atomic mass is 127. The van der Waals surface area contributed by atoms with Crippen LogP contribution < -0.4 is 15.9 Å². The molecule has 0 heterocycles. The number of nitrogens with zero attached hydrogens (tertiary/aromatic N) is 2. The molecule has 1 rings (SSSR count). The highest BCUT2D eigenvalue weighted by Gasteiger charge is 2.12. The first-order valence-corrected chi connectivity index (χ1v) is 6.07. The number of anilines is 1. The largest absolute Gasteiger partial charge is 0.493 e. The zero-order chi connectivity index (χ0) is 13.7. The molecule has 0 aromatic heterocycles. The first kappa shape index (κ1) is 14.5. The summed E-state index contributed by atoms with van der Waals surface area (Å²) in [6.45, 7) is 0. The second kappa shape index (κ2) is 6.42. The molecule has 0 aliphatic carbocycles. The van der Waals surface area contributed by atoms with Gasteiger partial charge in [-0.1, -0.05) is 11.6 Å². The summed E-state index contributed by atoms with van der Waals surface area (Å²) in [5.41, 5.74) is 7.95. The molecule has 0 amide bonds. The first-order valence-electron chi connectivity index (χ1n) is 4.61. The van der Waals surface area contributed by atoms with Crippen molar-refractivity contribution in [2.24, 2.45) is 10.8 Å². The van der Waals surface area contributed by atoms with E-state index in [2.05, 4.69) is 33.1 Å². The van der Waals surface area contributed by atoms with Crippen LogP contribution in [0.15, 0.2) is 17.2 Å². The van der Waals surface area contributed by atoms with Gasteiger partial charge in [0.1, 0.15) is 11.8 Å². The van der Waals surface area contributed by atoms with Crippen LogP contribution in [-0.4, -0.2) is 18.7 Å². The van der Waals surface area contributed by atoms with Crippen LogP contribution in [0.3, 0.4) is 0 Å². The number of hydrazone groups is 1. The summed E-state index contributed by atoms with van der Waals surface area (Å²) in [6.07, 6.45) is 0. The third-order valence-corrected chi connectivity index (χ3v) is 3.07. The predicted octanol–water partition coefficient (Wildman–Crippen LogP) is 2.18. The fraction of sp³-hybridized carbons (Fsp3) is 0.100. The number of nitriles is 1. The Morgan fingerprint density at radius 1 is 1.67 bits per heavy atom. The maximum absolute atomic E-state index is 8.72. The monoisotopic (exact) mass is 377 g/mol. The minimum atomic E-state index is -0.425. The van der Waals surface area contributed by atoms with E-state index in [1.165, 1.54) is 7.11 Å². The molecule has 1 aromatic carbocycles. The number of ether oxygens (including phenoxy) is 1. The van der Waals surface area contributed by atoms with Gasteiger partial charge < -0.3 is 10.5 Å². The van der Waals surface area contributed by atoms with E-state index in [9.17, 15) is 0 Å². The van der Waals surface area contributed by atoms with Crippen molar-refractivity contribution in [2.75, 3.05) is 12.5 Å². The topological polar surface area (TPSA) is 107 Å². The number of halogens is 2. The summed E-state index contributed by atoms with van der Waals surface area (Å²) < 4.78 is 6.02. The Morgan fingerprint density at radius 3 is 2.83 bits per heavy atom. The van der Waals surface area contributed by atoms with Crippen molar-refractivity contribution in [2.45, 2.75) is 0 Å². The maximum Gasteiger partial charge on any atom is 0.201 e. The minimum absolute atomic E-state index is 0.230. The molecule has 18 heavy (non-hydrogen) atoms.